The maximum absolute atomic E-state index is 5.86. The summed E-state index contributed by atoms with van der Waals surface area (Å²) in [5, 5.41) is 3.15. The normalized spacial score (nSPS) is 10.1. The van der Waals surface area contributed by atoms with Crippen LogP contribution in [0.5, 0.6) is 5.88 Å². The highest BCUT2D eigenvalue weighted by Crippen LogP contribution is 2.16. The van der Waals surface area contributed by atoms with Gasteiger partial charge in [-0.1, -0.05) is 12.1 Å². The van der Waals surface area contributed by atoms with Gasteiger partial charge in [0.05, 0.1) is 7.11 Å². The van der Waals surface area contributed by atoms with Gasteiger partial charge in [-0.25, -0.2) is 4.98 Å². The van der Waals surface area contributed by atoms with Crippen LogP contribution in [0, 0.1) is 6.92 Å². The molecule has 0 saturated carbocycles. The number of hydrogen-bond donors (Lipinski definition) is 2. The highest BCUT2D eigenvalue weighted by Gasteiger charge is 2.03. The maximum atomic E-state index is 5.86. The molecule has 0 saturated heterocycles. The predicted octanol–water partition coefficient (Wildman–Crippen LogP) is 1.99. The number of benzene rings is 1. The van der Waals surface area contributed by atoms with Crippen molar-refractivity contribution >= 4 is 11.6 Å². The SMILES string of the molecule is COc1ccnc(NCc2cccc(N)c2C)n1. The van der Waals surface area contributed by atoms with Crippen LogP contribution in [0.1, 0.15) is 11.1 Å². The molecular formula is C13H16N4O. The molecule has 2 aromatic rings. The lowest BCUT2D eigenvalue weighted by Crippen LogP contribution is -2.06. The molecule has 18 heavy (non-hydrogen) atoms. The first-order valence-electron chi connectivity index (χ1n) is 5.65. The molecule has 0 atom stereocenters. The molecule has 94 valence electrons. The molecule has 1 heterocycles. The van der Waals surface area contributed by atoms with Crippen LogP contribution >= 0.6 is 0 Å². The lowest BCUT2D eigenvalue weighted by molar-refractivity contribution is 0.397. The summed E-state index contributed by atoms with van der Waals surface area (Å²) in [6.07, 6.45) is 1.65. The first kappa shape index (κ1) is 12.2. The summed E-state index contributed by atoms with van der Waals surface area (Å²) in [7, 11) is 1.58. The van der Waals surface area contributed by atoms with Crippen molar-refractivity contribution in [2.45, 2.75) is 13.5 Å². The first-order valence-corrected chi connectivity index (χ1v) is 5.65. The number of ether oxygens (including phenoxy) is 1. The third-order valence-corrected chi connectivity index (χ3v) is 2.76. The number of nitrogen functional groups attached to an aromatic ring is 1. The smallest absolute Gasteiger partial charge is 0.226 e. The Bertz CT molecular complexity index is 542. The summed E-state index contributed by atoms with van der Waals surface area (Å²) in [5.74, 6) is 1.08. The van der Waals surface area contributed by atoms with Crippen molar-refractivity contribution < 1.29 is 4.74 Å². The summed E-state index contributed by atoms with van der Waals surface area (Å²) in [5.41, 5.74) is 8.85. The number of nitrogens with zero attached hydrogens (tertiary/aromatic N) is 2. The van der Waals surface area contributed by atoms with E-state index >= 15 is 0 Å². The molecule has 0 radical (unpaired) electrons. The molecule has 5 nitrogen and oxygen atoms in total. The van der Waals surface area contributed by atoms with Gasteiger partial charge >= 0.3 is 0 Å². The van der Waals surface area contributed by atoms with Crippen LogP contribution in [-0.4, -0.2) is 17.1 Å². The number of nitrogens with two attached hydrogens (primary N) is 1. The summed E-state index contributed by atoms with van der Waals surface area (Å²) < 4.78 is 5.04. The zero-order valence-electron chi connectivity index (χ0n) is 10.5. The second kappa shape index (κ2) is 5.35. The van der Waals surface area contributed by atoms with Gasteiger partial charge in [-0.15, -0.1) is 0 Å². The zero-order valence-corrected chi connectivity index (χ0v) is 10.5. The van der Waals surface area contributed by atoms with Crippen molar-refractivity contribution in [3.05, 3.63) is 41.6 Å². The monoisotopic (exact) mass is 244 g/mol. The summed E-state index contributed by atoms with van der Waals surface area (Å²) >= 11 is 0. The van der Waals surface area contributed by atoms with E-state index in [1.807, 2.05) is 25.1 Å². The Kier molecular flexibility index (Phi) is 3.62. The van der Waals surface area contributed by atoms with Crippen LogP contribution < -0.4 is 15.8 Å². The zero-order chi connectivity index (χ0) is 13.0. The van der Waals surface area contributed by atoms with E-state index in [2.05, 4.69) is 15.3 Å². The fourth-order valence-corrected chi connectivity index (χ4v) is 1.61. The molecule has 0 amide bonds. The van der Waals surface area contributed by atoms with Crippen molar-refractivity contribution in [3.63, 3.8) is 0 Å². The molecule has 0 unspecified atom stereocenters. The van der Waals surface area contributed by atoms with Crippen molar-refractivity contribution in [1.29, 1.82) is 0 Å². The van der Waals surface area contributed by atoms with Gasteiger partial charge in [0, 0.05) is 24.5 Å². The van der Waals surface area contributed by atoms with Crippen LogP contribution in [0.15, 0.2) is 30.5 Å². The summed E-state index contributed by atoms with van der Waals surface area (Å²) in [4.78, 5) is 8.30. The highest BCUT2D eigenvalue weighted by molar-refractivity contribution is 5.50. The third kappa shape index (κ3) is 2.68. The lowest BCUT2D eigenvalue weighted by Gasteiger charge is -2.09. The highest BCUT2D eigenvalue weighted by atomic mass is 16.5. The number of nitrogens with one attached hydrogen (secondary N) is 1. The number of rotatable bonds is 4. The Morgan fingerprint density at radius 2 is 2.17 bits per heavy atom. The molecular weight excluding hydrogens is 228 g/mol. The van der Waals surface area contributed by atoms with Gasteiger partial charge in [0.25, 0.3) is 0 Å². The molecule has 5 heteroatoms. The van der Waals surface area contributed by atoms with Crippen molar-refractivity contribution in [3.8, 4) is 5.88 Å². The van der Waals surface area contributed by atoms with Gasteiger partial charge in [0.15, 0.2) is 0 Å². The minimum Gasteiger partial charge on any atom is -0.481 e. The summed E-state index contributed by atoms with van der Waals surface area (Å²) in [6.45, 7) is 2.63. The van der Waals surface area contributed by atoms with E-state index in [4.69, 9.17) is 10.5 Å². The number of anilines is 2. The topological polar surface area (TPSA) is 73.1 Å². The molecule has 0 bridgehead atoms. The predicted molar refractivity (Wildman–Crippen MR) is 71.5 cm³/mol. The van der Waals surface area contributed by atoms with Crippen LogP contribution in [-0.2, 0) is 6.54 Å². The van der Waals surface area contributed by atoms with Crippen LogP contribution in [0.4, 0.5) is 11.6 Å². The van der Waals surface area contributed by atoms with Gasteiger partial charge in [-0.05, 0) is 24.1 Å². The van der Waals surface area contributed by atoms with Crippen LogP contribution in [0.2, 0.25) is 0 Å². The van der Waals surface area contributed by atoms with Gasteiger partial charge in [-0.2, -0.15) is 4.98 Å². The van der Waals surface area contributed by atoms with Crippen molar-refractivity contribution in [2.75, 3.05) is 18.2 Å². The van der Waals surface area contributed by atoms with E-state index in [0.717, 1.165) is 16.8 Å². The van der Waals surface area contributed by atoms with Gasteiger partial charge in [0.2, 0.25) is 11.8 Å². The summed E-state index contributed by atoms with van der Waals surface area (Å²) in [6, 6.07) is 7.56. The Morgan fingerprint density at radius 3 is 2.94 bits per heavy atom. The molecule has 0 aliphatic carbocycles. The van der Waals surface area contributed by atoms with E-state index in [-0.39, 0.29) is 0 Å². The minimum absolute atomic E-state index is 0.538. The second-order valence-electron chi connectivity index (χ2n) is 3.91. The van der Waals surface area contributed by atoms with E-state index < -0.39 is 0 Å². The van der Waals surface area contributed by atoms with Crippen molar-refractivity contribution in [2.24, 2.45) is 0 Å². The van der Waals surface area contributed by atoms with Crippen LogP contribution in [0.25, 0.3) is 0 Å². The maximum Gasteiger partial charge on any atom is 0.226 e. The quantitative estimate of drug-likeness (QED) is 0.805. The average Bonchev–Trinajstić information content (AvgIpc) is 2.41. The molecule has 1 aromatic heterocycles. The molecule has 3 N–H and O–H groups in total. The number of methoxy groups -OCH3 is 1. The standard InChI is InChI=1S/C13H16N4O/c1-9-10(4-3-5-11(9)14)8-16-13-15-7-6-12(17-13)18-2/h3-7H,8,14H2,1-2H3,(H,15,16,17). The Morgan fingerprint density at radius 1 is 1.33 bits per heavy atom. The molecule has 2 rings (SSSR count). The molecule has 0 fully saturated rings. The Labute approximate surface area is 106 Å². The second-order valence-corrected chi connectivity index (χ2v) is 3.91. The largest absolute Gasteiger partial charge is 0.481 e. The Hall–Kier alpha value is -2.30. The lowest BCUT2D eigenvalue weighted by atomic mass is 10.1. The number of hydrogen-bond acceptors (Lipinski definition) is 5. The van der Waals surface area contributed by atoms with E-state index in [1.165, 1.54) is 0 Å². The van der Waals surface area contributed by atoms with Crippen LogP contribution in [0.3, 0.4) is 0 Å². The number of aromatic nitrogens is 2. The van der Waals surface area contributed by atoms with Gasteiger partial charge in [-0.3, -0.25) is 0 Å². The fraction of sp³-hybridized carbons (Fsp3) is 0.231. The van der Waals surface area contributed by atoms with E-state index in [9.17, 15) is 0 Å². The van der Waals surface area contributed by atoms with E-state index in [0.29, 0.717) is 18.4 Å². The average molecular weight is 244 g/mol. The minimum atomic E-state index is 0.538. The molecule has 0 aliphatic rings. The van der Waals surface area contributed by atoms with Crippen molar-refractivity contribution in [1.82, 2.24) is 9.97 Å². The first-order chi connectivity index (χ1) is 8.70. The molecule has 0 aliphatic heterocycles. The Balaban J connectivity index is 2.09. The van der Waals surface area contributed by atoms with E-state index in [1.54, 1.807) is 19.4 Å². The molecule has 0 spiro atoms. The third-order valence-electron chi connectivity index (χ3n) is 2.76. The fourth-order valence-electron chi connectivity index (χ4n) is 1.61. The van der Waals surface area contributed by atoms with Gasteiger partial charge < -0.3 is 15.8 Å². The van der Waals surface area contributed by atoms with Gasteiger partial charge in [0.1, 0.15) is 0 Å². The molecule has 1 aromatic carbocycles.